The number of likely N-dealkylation sites (tertiary alicyclic amines) is 1. The van der Waals surface area contributed by atoms with E-state index in [0.717, 1.165) is 64.5 Å². The number of benzene rings is 1. The number of carbonyl (C=O) groups is 1. The molecule has 0 bridgehead atoms. The van der Waals surface area contributed by atoms with Crippen molar-refractivity contribution in [1.82, 2.24) is 10.2 Å². The SMILES string of the molecule is CCNC(=NCc1ccc(COC2CCOCC2)cc1)N1CCC(C(=O)OC)CC1.I. The van der Waals surface area contributed by atoms with Crippen molar-refractivity contribution in [2.75, 3.05) is 40.0 Å². The maximum absolute atomic E-state index is 11.7. The Bertz CT molecular complexity index is 685. The Labute approximate surface area is 202 Å². The third kappa shape index (κ3) is 8.23. The molecule has 0 aliphatic carbocycles. The zero-order chi connectivity index (χ0) is 21.2. The number of nitrogens with one attached hydrogen (secondary N) is 1. The van der Waals surface area contributed by atoms with Crippen LogP contribution >= 0.6 is 24.0 Å². The smallest absolute Gasteiger partial charge is 0.308 e. The molecule has 2 fully saturated rings. The van der Waals surface area contributed by atoms with Crippen LogP contribution in [-0.2, 0) is 32.2 Å². The molecule has 2 saturated heterocycles. The first-order valence-electron chi connectivity index (χ1n) is 11.1. The number of ether oxygens (including phenoxy) is 3. The van der Waals surface area contributed by atoms with E-state index in [2.05, 4.69) is 41.4 Å². The van der Waals surface area contributed by atoms with Crippen molar-refractivity contribution in [3.8, 4) is 0 Å². The predicted octanol–water partition coefficient (Wildman–Crippen LogP) is 3.35. The second-order valence-corrected chi connectivity index (χ2v) is 7.89. The van der Waals surface area contributed by atoms with E-state index in [1.54, 1.807) is 0 Å². The highest BCUT2D eigenvalue weighted by molar-refractivity contribution is 14.0. The van der Waals surface area contributed by atoms with E-state index >= 15 is 0 Å². The number of nitrogens with zero attached hydrogens (tertiary/aromatic N) is 2. The van der Waals surface area contributed by atoms with Gasteiger partial charge in [-0.25, -0.2) is 4.99 Å². The van der Waals surface area contributed by atoms with Gasteiger partial charge in [-0.05, 0) is 43.7 Å². The lowest BCUT2D eigenvalue weighted by atomic mass is 9.97. The average molecular weight is 545 g/mol. The van der Waals surface area contributed by atoms with E-state index in [1.165, 1.54) is 18.2 Å². The molecule has 1 aromatic rings. The Morgan fingerprint density at radius 2 is 1.77 bits per heavy atom. The monoisotopic (exact) mass is 545 g/mol. The fourth-order valence-corrected chi connectivity index (χ4v) is 3.88. The van der Waals surface area contributed by atoms with Gasteiger partial charge in [0.15, 0.2) is 5.96 Å². The molecule has 0 amide bonds. The standard InChI is InChI=1S/C23H35N3O4.HI/c1-3-24-23(26-12-8-20(9-13-26)22(27)28-2)25-16-18-4-6-19(7-5-18)17-30-21-10-14-29-15-11-21;/h4-7,20-21H,3,8-17H2,1-2H3,(H,24,25);1H. The number of aliphatic imine (C=N–C) groups is 1. The molecule has 2 aliphatic rings. The first kappa shape index (κ1) is 25.9. The van der Waals surface area contributed by atoms with E-state index in [4.69, 9.17) is 19.2 Å². The summed E-state index contributed by atoms with van der Waals surface area (Å²) in [7, 11) is 1.46. The summed E-state index contributed by atoms with van der Waals surface area (Å²) >= 11 is 0. The number of piperidine rings is 1. The lowest BCUT2D eigenvalue weighted by Crippen LogP contribution is -2.46. The molecule has 0 radical (unpaired) electrons. The lowest BCUT2D eigenvalue weighted by molar-refractivity contribution is -0.146. The zero-order valence-corrected chi connectivity index (χ0v) is 21.0. The molecule has 7 nitrogen and oxygen atoms in total. The van der Waals surface area contributed by atoms with Gasteiger partial charge in [-0.15, -0.1) is 24.0 Å². The van der Waals surface area contributed by atoms with Gasteiger partial charge in [0.05, 0.1) is 32.3 Å². The number of halogens is 1. The number of carbonyl (C=O) groups excluding carboxylic acids is 1. The molecule has 1 aromatic carbocycles. The summed E-state index contributed by atoms with van der Waals surface area (Å²) < 4.78 is 16.3. The number of hydrogen-bond donors (Lipinski definition) is 1. The Kier molecular flexibility index (Phi) is 11.6. The Hall–Kier alpha value is -1.39. The number of rotatable bonds is 7. The van der Waals surface area contributed by atoms with Crippen LogP contribution in [0.15, 0.2) is 29.3 Å². The molecule has 174 valence electrons. The molecule has 3 rings (SSSR count). The molecule has 0 unspecified atom stereocenters. The molecule has 0 aromatic heterocycles. The fraction of sp³-hybridized carbons (Fsp3) is 0.652. The summed E-state index contributed by atoms with van der Waals surface area (Å²) in [4.78, 5) is 18.8. The highest BCUT2D eigenvalue weighted by atomic mass is 127. The number of methoxy groups -OCH3 is 1. The highest BCUT2D eigenvalue weighted by Gasteiger charge is 2.26. The lowest BCUT2D eigenvalue weighted by Gasteiger charge is -2.33. The maximum atomic E-state index is 11.7. The third-order valence-corrected chi connectivity index (χ3v) is 5.75. The van der Waals surface area contributed by atoms with E-state index in [-0.39, 0.29) is 35.9 Å². The molecule has 0 spiro atoms. The van der Waals surface area contributed by atoms with Crippen molar-refractivity contribution in [3.05, 3.63) is 35.4 Å². The minimum atomic E-state index is -0.0996. The zero-order valence-electron chi connectivity index (χ0n) is 18.7. The summed E-state index contributed by atoms with van der Waals surface area (Å²) in [6.07, 6.45) is 3.89. The van der Waals surface area contributed by atoms with Gasteiger partial charge in [0, 0.05) is 32.8 Å². The van der Waals surface area contributed by atoms with Crippen LogP contribution in [0, 0.1) is 5.92 Å². The van der Waals surface area contributed by atoms with Crippen LogP contribution in [-0.4, -0.2) is 62.9 Å². The molecular weight excluding hydrogens is 509 g/mol. The van der Waals surface area contributed by atoms with Gasteiger partial charge in [0.2, 0.25) is 0 Å². The van der Waals surface area contributed by atoms with Crippen molar-refractivity contribution in [2.24, 2.45) is 10.9 Å². The third-order valence-electron chi connectivity index (χ3n) is 5.75. The minimum absolute atomic E-state index is 0. The topological polar surface area (TPSA) is 72.4 Å². The van der Waals surface area contributed by atoms with Crippen molar-refractivity contribution in [3.63, 3.8) is 0 Å². The van der Waals surface area contributed by atoms with E-state index in [1.807, 2.05) is 0 Å². The van der Waals surface area contributed by atoms with Gasteiger partial charge in [-0.3, -0.25) is 4.79 Å². The number of hydrogen-bond acceptors (Lipinski definition) is 5. The van der Waals surface area contributed by atoms with Gasteiger partial charge >= 0.3 is 5.97 Å². The second-order valence-electron chi connectivity index (χ2n) is 7.89. The molecule has 31 heavy (non-hydrogen) atoms. The highest BCUT2D eigenvalue weighted by Crippen LogP contribution is 2.19. The Morgan fingerprint density at radius 1 is 1.13 bits per heavy atom. The summed E-state index contributed by atoms with van der Waals surface area (Å²) in [6.45, 7) is 7.39. The van der Waals surface area contributed by atoms with Crippen molar-refractivity contribution >= 4 is 35.9 Å². The van der Waals surface area contributed by atoms with E-state index in [9.17, 15) is 4.79 Å². The predicted molar refractivity (Wildman–Crippen MR) is 132 cm³/mol. The first-order valence-corrected chi connectivity index (χ1v) is 11.1. The normalized spacial score (nSPS) is 18.4. The molecule has 2 aliphatic heterocycles. The van der Waals surface area contributed by atoms with Gasteiger partial charge in [-0.2, -0.15) is 0 Å². The van der Waals surface area contributed by atoms with Crippen molar-refractivity contribution in [2.45, 2.75) is 51.9 Å². The number of esters is 1. The van der Waals surface area contributed by atoms with E-state index in [0.29, 0.717) is 19.3 Å². The van der Waals surface area contributed by atoms with Gasteiger partial charge in [0.1, 0.15) is 0 Å². The Morgan fingerprint density at radius 3 is 2.39 bits per heavy atom. The first-order chi connectivity index (χ1) is 14.7. The van der Waals surface area contributed by atoms with Crippen LogP contribution in [0.3, 0.4) is 0 Å². The molecule has 1 N–H and O–H groups in total. The molecule has 8 heteroatoms. The van der Waals surface area contributed by atoms with Crippen LogP contribution in [0.2, 0.25) is 0 Å². The summed E-state index contributed by atoms with van der Waals surface area (Å²) in [5, 5.41) is 3.38. The van der Waals surface area contributed by atoms with Crippen LogP contribution < -0.4 is 5.32 Å². The quantitative estimate of drug-likeness (QED) is 0.245. The van der Waals surface area contributed by atoms with Crippen LogP contribution in [0.5, 0.6) is 0 Å². The van der Waals surface area contributed by atoms with Crippen molar-refractivity contribution in [1.29, 1.82) is 0 Å². The summed E-state index contributed by atoms with van der Waals surface area (Å²) in [6, 6.07) is 8.50. The van der Waals surface area contributed by atoms with Gasteiger partial charge in [0.25, 0.3) is 0 Å². The summed E-state index contributed by atoms with van der Waals surface area (Å²) in [5.41, 5.74) is 2.36. The number of guanidine groups is 1. The van der Waals surface area contributed by atoms with Gasteiger partial charge in [-0.1, -0.05) is 24.3 Å². The maximum Gasteiger partial charge on any atom is 0.308 e. The van der Waals surface area contributed by atoms with E-state index < -0.39 is 0 Å². The molecule has 0 saturated carbocycles. The van der Waals surface area contributed by atoms with Crippen LogP contribution in [0.1, 0.15) is 43.7 Å². The van der Waals surface area contributed by atoms with Crippen LogP contribution in [0.25, 0.3) is 0 Å². The second kappa shape index (κ2) is 13.9. The summed E-state index contributed by atoms with van der Waals surface area (Å²) in [5.74, 6) is 0.815. The Balaban J connectivity index is 0.00000341. The molecule has 0 atom stereocenters. The minimum Gasteiger partial charge on any atom is -0.469 e. The molecule has 2 heterocycles. The fourth-order valence-electron chi connectivity index (χ4n) is 3.88. The molecular formula is C23H36IN3O4. The van der Waals surface area contributed by atoms with Crippen LogP contribution in [0.4, 0.5) is 0 Å². The largest absolute Gasteiger partial charge is 0.469 e. The average Bonchev–Trinajstić information content (AvgIpc) is 2.81. The van der Waals surface area contributed by atoms with Gasteiger partial charge < -0.3 is 24.4 Å². The van der Waals surface area contributed by atoms with Crippen molar-refractivity contribution < 1.29 is 19.0 Å².